The van der Waals surface area contributed by atoms with Crippen molar-refractivity contribution in [3.8, 4) is 10.4 Å². The number of carbonyl (C=O) groups is 2. The fourth-order valence-electron chi connectivity index (χ4n) is 2.49. The molecule has 6 heteroatoms. The molecule has 0 aliphatic rings. The molecule has 0 spiro atoms. The van der Waals surface area contributed by atoms with Gasteiger partial charge in [0.05, 0.1) is 12.2 Å². The normalized spacial score (nSPS) is 10.8. The predicted molar refractivity (Wildman–Crippen MR) is 115 cm³/mol. The second-order valence-electron chi connectivity index (χ2n) is 5.81. The Morgan fingerprint density at radius 3 is 2.50 bits per heavy atom. The maximum Gasteiger partial charge on any atom is 0.341 e. The fourth-order valence-corrected chi connectivity index (χ4v) is 3.67. The van der Waals surface area contributed by atoms with Crippen LogP contribution in [0.25, 0.3) is 16.5 Å². The maximum atomic E-state index is 12.4. The molecule has 0 fully saturated rings. The summed E-state index contributed by atoms with van der Waals surface area (Å²) in [5.74, 6) is -0.792. The van der Waals surface area contributed by atoms with Gasteiger partial charge in [-0.05, 0) is 42.3 Å². The van der Waals surface area contributed by atoms with Crippen LogP contribution < -0.4 is 5.32 Å². The van der Waals surface area contributed by atoms with Gasteiger partial charge in [-0.3, -0.25) is 4.79 Å². The number of hydrogen-bond donors (Lipinski definition) is 1. The first kappa shape index (κ1) is 19.9. The minimum atomic E-state index is -0.460. The summed E-state index contributed by atoms with van der Waals surface area (Å²) >= 11 is 7.20. The van der Waals surface area contributed by atoms with Gasteiger partial charge < -0.3 is 10.1 Å². The summed E-state index contributed by atoms with van der Waals surface area (Å²) in [5.41, 5.74) is 2.16. The minimum absolute atomic E-state index is 0.263. The molecule has 0 aliphatic carbocycles. The highest BCUT2D eigenvalue weighted by Gasteiger charge is 2.19. The quantitative estimate of drug-likeness (QED) is 0.406. The Kier molecular flexibility index (Phi) is 6.63. The monoisotopic (exact) mass is 411 g/mol. The van der Waals surface area contributed by atoms with E-state index < -0.39 is 5.97 Å². The summed E-state index contributed by atoms with van der Waals surface area (Å²) in [5, 5.41) is 3.88. The lowest BCUT2D eigenvalue weighted by molar-refractivity contribution is -0.111. The lowest BCUT2D eigenvalue weighted by Gasteiger charge is -2.03. The molecule has 1 aromatic heterocycles. The first-order valence-corrected chi connectivity index (χ1v) is 9.87. The smallest absolute Gasteiger partial charge is 0.341 e. The number of carbonyl (C=O) groups excluding carboxylic acids is 2. The zero-order valence-corrected chi connectivity index (χ0v) is 16.7. The molecule has 0 unspecified atom stereocenters. The van der Waals surface area contributed by atoms with Crippen molar-refractivity contribution in [3.63, 3.8) is 0 Å². The van der Waals surface area contributed by atoms with Gasteiger partial charge in [0.25, 0.3) is 0 Å². The third-order valence-electron chi connectivity index (χ3n) is 3.82. The van der Waals surface area contributed by atoms with E-state index in [-0.39, 0.29) is 12.5 Å². The third-order valence-corrected chi connectivity index (χ3v) is 5.17. The maximum absolute atomic E-state index is 12.4. The van der Waals surface area contributed by atoms with E-state index in [2.05, 4.69) is 5.32 Å². The van der Waals surface area contributed by atoms with Crippen LogP contribution >= 0.6 is 22.9 Å². The Morgan fingerprint density at radius 1 is 1.11 bits per heavy atom. The standard InChI is InChI=1S/C22H18ClNO3S/c1-2-27-22(26)18-14-19(16-6-4-3-5-7-16)28-21(18)24-20(25)13-10-15-8-11-17(23)12-9-15/h3-14H,2H2,1H3,(H,24,25). The molecule has 1 heterocycles. The first-order chi connectivity index (χ1) is 13.6. The lowest BCUT2D eigenvalue weighted by Crippen LogP contribution is -2.11. The highest BCUT2D eigenvalue weighted by Crippen LogP contribution is 2.36. The van der Waals surface area contributed by atoms with E-state index in [4.69, 9.17) is 16.3 Å². The Hall–Kier alpha value is -2.89. The molecule has 142 valence electrons. The van der Waals surface area contributed by atoms with Gasteiger partial charge in [0.15, 0.2) is 0 Å². The Morgan fingerprint density at radius 2 is 1.82 bits per heavy atom. The summed E-state index contributed by atoms with van der Waals surface area (Å²) < 4.78 is 5.13. The first-order valence-electron chi connectivity index (χ1n) is 8.68. The average molecular weight is 412 g/mol. The van der Waals surface area contributed by atoms with Crippen molar-refractivity contribution in [1.29, 1.82) is 0 Å². The van der Waals surface area contributed by atoms with E-state index in [9.17, 15) is 9.59 Å². The van der Waals surface area contributed by atoms with Crippen LogP contribution in [0.1, 0.15) is 22.8 Å². The van der Waals surface area contributed by atoms with E-state index >= 15 is 0 Å². The summed E-state index contributed by atoms with van der Waals surface area (Å²) in [7, 11) is 0. The lowest BCUT2D eigenvalue weighted by atomic mass is 10.1. The second kappa shape index (κ2) is 9.35. The number of nitrogens with one attached hydrogen (secondary N) is 1. The van der Waals surface area contributed by atoms with Gasteiger partial charge in [-0.15, -0.1) is 11.3 Å². The van der Waals surface area contributed by atoms with Gasteiger partial charge in [-0.2, -0.15) is 0 Å². The topological polar surface area (TPSA) is 55.4 Å². The fraction of sp³-hybridized carbons (Fsp3) is 0.0909. The molecule has 3 aromatic rings. The number of hydrogen-bond acceptors (Lipinski definition) is 4. The Labute approximate surface area is 172 Å². The zero-order valence-electron chi connectivity index (χ0n) is 15.1. The summed E-state index contributed by atoms with van der Waals surface area (Å²) in [6, 6.07) is 18.6. The van der Waals surface area contributed by atoms with Crippen LogP contribution in [-0.2, 0) is 9.53 Å². The van der Waals surface area contributed by atoms with Crippen LogP contribution in [0.5, 0.6) is 0 Å². The number of anilines is 1. The summed E-state index contributed by atoms with van der Waals surface area (Å²) in [6.45, 7) is 2.01. The molecule has 0 aliphatic heterocycles. The van der Waals surface area contributed by atoms with Crippen LogP contribution in [-0.4, -0.2) is 18.5 Å². The molecule has 3 rings (SSSR count). The van der Waals surface area contributed by atoms with Gasteiger partial charge in [-0.25, -0.2) is 4.79 Å². The van der Waals surface area contributed by atoms with E-state index in [0.717, 1.165) is 16.0 Å². The van der Waals surface area contributed by atoms with Gasteiger partial charge in [0.1, 0.15) is 5.00 Å². The van der Waals surface area contributed by atoms with Crippen molar-refractivity contribution in [2.75, 3.05) is 11.9 Å². The number of amides is 1. The summed E-state index contributed by atoms with van der Waals surface area (Å²) in [4.78, 5) is 25.5. The number of rotatable bonds is 6. The van der Waals surface area contributed by atoms with Crippen molar-refractivity contribution in [3.05, 3.63) is 82.9 Å². The highest BCUT2D eigenvalue weighted by molar-refractivity contribution is 7.20. The Bertz CT molecular complexity index is 994. The molecule has 28 heavy (non-hydrogen) atoms. The van der Waals surface area contributed by atoms with Gasteiger partial charge in [0, 0.05) is 16.0 Å². The van der Waals surface area contributed by atoms with Crippen molar-refractivity contribution >= 4 is 45.9 Å². The minimum Gasteiger partial charge on any atom is -0.462 e. The molecule has 1 N–H and O–H groups in total. The Balaban J connectivity index is 1.82. The number of halogens is 1. The van der Waals surface area contributed by atoms with Crippen LogP contribution in [0, 0.1) is 0 Å². The molecule has 2 aromatic carbocycles. The van der Waals surface area contributed by atoms with Crippen molar-refractivity contribution < 1.29 is 14.3 Å². The molecule has 0 bridgehead atoms. The molecule has 0 saturated carbocycles. The number of thiophene rings is 1. The van der Waals surface area contributed by atoms with Gasteiger partial charge in [-0.1, -0.05) is 54.1 Å². The molecule has 1 amide bonds. The van der Waals surface area contributed by atoms with Crippen molar-refractivity contribution in [2.45, 2.75) is 6.92 Å². The van der Waals surface area contributed by atoms with Crippen LogP contribution in [0.4, 0.5) is 5.00 Å². The largest absolute Gasteiger partial charge is 0.462 e. The molecular weight excluding hydrogens is 394 g/mol. The number of esters is 1. The van der Waals surface area contributed by atoms with E-state index in [0.29, 0.717) is 15.6 Å². The second-order valence-corrected chi connectivity index (χ2v) is 7.30. The van der Waals surface area contributed by atoms with Gasteiger partial charge in [0.2, 0.25) is 5.91 Å². The van der Waals surface area contributed by atoms with E-state index in [1.54, 1.807) is 31.2 Å². The van der Waals surface area contributed by atoms with Crippen molar-refractivity contribution in [2.24, 2.45) is 0 Å². The predicted octanol–water partition coefficient (Wildman–Crippen LogP) is 5.90. The average Bonchev–Trinajstić information content (AvgIpc) is 3.12. The summed E-state index contributed by atoms with van der Waals surface area (Å²) in [6.07, 6.45) is 3.10. The third kappa shape index (κ3) is 5.09. The van der Waals surface area contributed by atoms with Crippen LogP contribution in [0.3, 0.4) is 0 Å². The van der Waals surface area contributed by atoms with E-state index in [1.807, 2.05) is 42.5 Å². The van der Waals surface area contributed by atoms with Crippen LogP contribution in [0.15, 0.2) is 66.7 Å². The molecule has 0 atom stereocenters. The molecule has 0 radical (unpaired) electrons. The molecular formula is C22H18ClNO3S. The van der Waals surface area contributed by atoms with Gasteiger partial charge >= 0.3 is 5.97 Å². The molecule has 0 saturated heterocycles. The van der Waals surface area contributed by atoms with Crippen molar-refractivity contribution in [1.82, 2.24) is 0 Å². The highest BCUT2D eigenvalue weighted by atomic mass is 35.5. The van der Waals surface area contributed by atoms with Crippen LogP contribution in [0.2, 0.25) is 5.02 Å². The van der Waals surface area contributed by atoms with E-state index in [1.165, 1.54) is 17.4 Å². The number of ether oxygens (including phenoxy) is 1. The number of benzene rings is 2. The molecule has 4 nitrogen and oxygen atoms in total. The zero-order chi connectivity index (χ0) is 19.9. The SMILES string of the molecule is CCOC(=O)c1cc(-c2ccccc2)sc1NC(=O)C=Cc1ccc(Cl)cc1.